The molecule has 1 aliphatic rings. The van der Waals surface area contributed by atoms with Gasteiger partial charge in [0.15, 0.2) is 0 Å². The standard InChI is InChI=1S/C15H24N2/c1-3-6-14(16)11-17-12(2)9-10-13-7-4-5-8-15(13)17/h4-5,7-8,12,14H,3,6,9-11,16H2,1-2H3/t12?,14-/m0/s1. The Bertz CT molecular complexity index is 362. The lowest BCUT2D eigenvalue weighted by Crippen LogP contribution is -2.44. The van der Waals surface area contributed by atoms with Gasteiger partial charge in [0, 0.05) is 24.3 Å². The van der Waals surface area contributed by atoms with Gasteiger partial charge in [-0.1, -0.05) is 31.5 Å². The number of fused-ring (bicyclic) bond motifs is 1. The molecule has 0 fully saturated rings. The number of hydrogen-bond donors (Lipinski definition) is 1. The van der Waals surface area contributed by atoms with E-state index in [4.69, 9.17) is 5.73 Å². The van der Waals surface area contributed by atoms with E-state index in [-0.39, 0.29) is 0 Å². The monoisotopic (exact) mass is 232 g/mol. The number of anilines is 1. The molecule has 0 bridgehead atoms. The fourth-order valence-electron chi connectivity index (χ4n) is 2.75. The summed E-state index contributed by atoms with van der Waals surface area (Å²) in [5.74, 6) is 0. The molecule has 0 radical (unpaired) electrons. The predicted molar refractivity (Wildman–Crippen MR) is 74.5 cm³/mol. The molecule has 2 atom stereocenters. The van der Waals surface area contributed by atoms with E-state index in [9.17, 15) is 0 Å². The van der Waals surface area contributed by atoms with Crippen LogP contribution in [0.5, 0.6) is 0 Å². The van der Waals surface area contributed by atoms with Crippen LogP contribution >= 0.6 is 0 Å². The molecule has 0 spiro atoms. The van der Waals surface area contributed by atoms with Gasteiger partial charge in [-0.05, 0) is 37.8 Å². The Labute approximate surface area is 105 Å². The van der Waals surface area contributed by atoms with Crippen LogP contribution in [0.25, 0.3) is 0 Å². The van der Waals surface area contributed by atoms with Crippen LogP contribution in [-0.2, 0) is 6.42 Å². The van der Waals surface area contributed by atoms with Gasteiger partial charge in [0.1, 0.15) is 0 Å². The topological polar surface area (TPSA) is 29.3 Å². The summed E-state index contributed by atoms with van der Waals surface area (Å²) in [6, 6.07) is 9.68. The molecule has 1 aromatic carbocycles. The SMILES string of the molecule is CCC[C@H](N)CN1c2ccccc2CCC1C. The van der Waals surface area contributed by atoms with Crippen molar-refractivity contribution in [2.24, 2.45) is 5.73 Å². The summed E-state index contributed by atoms with van der Waals surface area (Å²) in [4.78, 5) is 2.50. The van der Waals surface area contributed by atoms with Gasteiger partial charge in [0.05, 0.1) is 0 Å². The van der Waals surface area contributed by atoms with E-state index in [1.54, 1.807) is 0 Å². The molecule has 2 N–H and O–H groups in total. The van der Waals surface area contributed by atoms with Crippen LogP contribution in [-0.4, -0.2) is 18.6 Å². The first-order valence-electron chi connectivity index (χ1n) is 6.82. The van der Waals surface area contributed by atoms with Crippen molar-refractivity contribution in [3.8, 4) is 0 Å². The first kappa shape index (κ1) is 12.4. The Kier molecular flexibility index (Phi) is 4.06. The Morgan fingerprint density at radius 2 is 2.18 bits per heavy atom. The number of nitrogens with two attached hydrogens (primary N) is 1. The minimum Gasteiger partial charge on any atom is -0.367 e. The van der Waals surface area contributed by atoms with Crippen molar-refractivity contribution in [3.05, 3.63) is 29.8 Å². The lowest BCUT2D eigenvalue weighted by Gasteiger charge is -2.38. The quantitative estimate of drug-likeness (QED) is 0.865. The van der Waals surface area contributed by atoms with Crippen molar-refractivity contribution in [2.45, 2.75) is 51.6 Å². The molecule has 0 amide bonds. The Hall–Kier alpha value is -1.02. The smallest absolute Gasteiger partial charge is 0.0401 e. The van der Waals surface area contributed by atoms with E-state index in [1.807, 2.05) is 0 Å². The van der Waals surface area contributed by atoms with Gasteiger partial charge in [-0.15, -0.1) is 0 Å². The highest BCUT2D eigenvalue weighted by atomic mass is 15.2. The molecular weight excluding hydrogens is 208 g/mol. The summed E-state index contributed by atoms with van der Waals surface area (Å²) < 4.78 is 0. The van der Waals surface area contributed by atoms with Crippen LogP contribution in [0.4, 0.5) is 5.69 Å². The van der Waals surface area contributed by atoms with Crippen molar-refractivity contribution in [3.63, 3.8) is 0 Å². The predicted octanol–water partition coefficient (Wildman–Crippen LogP) is 2.96. The van der Waals surface area contributed by atoms with Crippen molar-refractivity contribution < 1.29 is 0 Å². The Morgan fingerprint density at radius 1 is 1.41 bits per heavy atom. The number of aryl methyl sites for hydroxylation is 1. The highest BCUT2D eigenvalue weighted by molar-refractivity contribution is 5.56. The average Bonchev–Trinajstić information content (AvgIpc) is 2.33. The van der Waals surface area contributed by atoms with Gasteiger partial charge in [0.25, 0.3) is 0 Å². The van der Waals surface area contributed by atoms with E-state index in [0.717, 1.165) is 13.0 Å². The Balaban J connectivity index is 2.15. The second-order valence-electron chi connectivity index (χ2n) is 5.22. The largest absolute Gasteiger partial charge is 0.367 e. The molecule has 0 aromatic heterocycles. The molecule has 17 heavy (non-hydrogen) atoms. The molecule has 0 saturated carbocycles. The van der Waals surface area contributed by atoms with Gasteiger partial charge in [-0.25, -0.2) is 0 Å². The number of hydrogen-bond acceptors (Lipinski definition) is 2. The third kappa shape index (κ3) is 2.81. The van der Waals surface area contributed by atoms with E-state index < -0.39 is 0 Å². The molecule has 1 heterocycles. The second-order valence-corrected chi connectivity index (χ2v) is 5.22. The van der Waals surface area contributed by atoms with Gasteiger partial charge in [-0.3, -0.25) is 0 Å². The minimum atomic E-state index is 0.300. The molecule has 2 heteroatoms. The molecule has 1 unspecified atom stereocenters. The molecule has 0 saturated heterocycles. The highest BCUT2D eigenvalue weighted by Gasteiger charge is 2.23. The lowest BCUT2D eigenvalue weighted by molar-refractivity contribution is 0.507. The summed E-state index contributed by atoms with van der Waals surface area (Å²) in [7, 11) is 0. The number of nitrogens with zero attached hydrogens (tertiary/aromatic N) is 1. The van der Waals surface area contributed by atoms with Gasteiger partial charge in [0.2, 0.25) is 0 Å². The van der Waals surface area contributed by atoms with Crippen LogP contribution in [0.15, 0.2) is 24.3 Å². The molecule has 94 valence electrons. The highest BCUT2D eigenvalue weighted by Crippen LogP contribution is 2.30. The van der Waals surface area contributed by atoms with E-state index in [1.165, 1.54) is 30.5 Å². The van der Waals surface area contributed by atoms with E-state index in [2.05, 4.69) is 43.0 Å². The fraction of sp³-hybridized carbons (Fsp3) is 0.600. The third-order valence-electron chi connectivity index (χ3n) is 3.76. The van der Waals surface area contributed by atoms with Crippen molar-refractivity contribution in [1.29, 1.82) is 0 Å². The summed E-state index contributed by atoms with van der Waals surface area (Å²) >= 11 is 0. The van der Waals surface area contributed by atoms with Crippen LogP contribution in [0, 0.1) is 0 Å². The Morgan fingerprint density at radius 3 is 2.94 bits per heavy atom. The third-order valence-corrected chi connectivity index (χ3v) is 3.76. The van der Waals surface area contributed by atoms with Crippen LogP contribution in [0.1, 0.15) is 38.7 Å². The van der Waals surface area contributed by atoms with E-state index >= 15 is 0 Å². The number of benzene rings is 1. The molecule has 2 nitrogen and oxygen atoms in total. The zero-order valence-corrected chi connectivity index (χ0v) is 11.0. The molecular formula is C15H24N2. The fourth-order valence-corrected chi connectivity index (χ4v) is 2.75. The summed E-state index contributed by atoms with van der Waals surface area (Å²) in [5, 5.41) is 0. The van der Waals surface area contributed by atoms with Crippen LogP contribution < -0.4 is 10.6 Å². The molecule has 2 rings (SSSR count). The normalized spacial score (nSPS) is 21.1. The number of para-hydroxylation sites is 1. The van der Waals surface area contributed by atoms with Gasteiger partial charge >= 0.3 is 0 Å². The van der Waals surface area contributed by atoms with Gasteiger partial charge < -0.3 is 10.6 Å². The van der Waals surface area contributed by atoms with Gasteiger partial charge in [-0.2, -0.15) is 0 Å². The maximum Gasteiger partial charge on any atom is 0.0401 e. The number of rotatable bonds is 4. The average molecular weight is 232 g/mol. The molecule has 1 aromatic rings. The maximum atomic E-state index is 6.19. The van der Waals surface area contributed by atoms with E-state index in [0.29, 0.717) is 12.1 Å². The second kappa shape index (κ2) is 5.54. The zero-order valence-electron chi connectivity index (χ0n) is 11.0. The van der Waals surface area contributed by atoms with Crippen molar-refractivity contribution in [1.82, 2.24) is 0 Å². The summed E-state index contributed by atoms with van der Waals surface area (Å²) in [5.41, 5.74) is 9.07. The summed E-state index contributed by atoms with van der Waals surface area (Å²) in [6.45, 7) is 5.51. The van der Waals surface area contributed by atoms with Crippen molar-refractivity contribution in [2.75, 3.05) is 11.4 Å². The summed E-state index contributed by atoms with van der Waals surface area (Å²) in [6.07, 6.45) is 4.74. The van der Waals surface area contributed by atoms with Crippen molar-refractivity contribution >= 4 is 5.69 Å². The van der Waals surface area contributed by atoms with Crippen LogP contribution in [0.2, 0.25) is 0 Å². The molecule has 0 aliphatic carbocycles. The first-order valence-corrected chi connectivity index (χ1v) is 6.82. The van der Waals surface area contributed by atoms with Crippen LogP contribution in [0.3, 0.4) is 0 Å². The minimum absolute atomic E-state index is 0.300. The zero-order chi connectivity index (χ0) is 12.3. The maximum absolute atomic E-state index is 6.19. The first-order chi connectivity index (χ1) is 8.22. The molecule has 1 aliphatic heterocycles. The lowest BCUT2D eigenvalue weighted by atomic mass is 9.96.